The fraction of sp³-hybridized carbons (Fsp3) is 0.182. The third kappa shape index (κ3) is 2.45. The lowest BCUT2D eigenvalue weighted by Crippen LogP contribution is -1.95. The molecular weight excluding hydrogens is 239 g/mol. The van der Waals surface area contributed by atoms with Gasteiger partial charge in [0, 0.05) is 12.8 Å². The van der Waals surface area contributed by atoms with Crippen LogP contribution < -0.4 is 0 Å². The van der Waals surface area contributed by atoms with E-state index in [4.69, 9.17) is 5.26 Å². The van der Waals surface area contributed by atoms with Crippen LogP contribution in [0, 0.1) is 17.1 Å². The van der Waals surface area contributed by atoms with Crippen LogP contribution >= 0.6 is 11.8 Å². The molecule has 0 fully saturated rings. The van der Waals surface area contributed by atoms with Crippen LogP contribution in [0.3, 0.4) is 0 Å². The highest BCUT2D eigenvalue weighted by molar-refractivity contribution is 7.98. The third-order valence-corrected chi connectivity index (χ3v) is 3.31. The Labute approximate surface area is 102 Å². The molecule has 0 N–H and O–H groups in total. The predicted molar refractivity (Wildman–Crippen MR) is 61.7 cm³/mol. The summed E-state index contributed by atoms with van der Waals surface area (Å²) < 4.78 is 15.3. The van der Waals surface area contributed by atoms with E-state index in [1.807, 2.05) is 6.07 Å². The molecule has 0 aliphatic carbocycles. The fourth-order valence-electron chi connectivity index (χ4n) is 1.34. The van der Waals surface area contributed by atoms with Gasteiger partial charge in [-0.1, -0.05) is 23.9 Å². The van der Waals surface area contributed by atoms with Crippen molar-refractivity contribution in [1.29, 1.82) is 5.26 Å². The van der Waals surface area contributed by atoms with Gasteiger partial charge in [-0.25, -0.2) is 14.1 Å². The zero-order chi connectivity index (χ0) is 12.3. The second kappa shape index (κ2) is 4.97. The maximum atomic E-state index is 13.7. The zero-order valence-corrected chi connectivity index (χ0v) is 9.91. The summed E-state index contributed by atoms with van der Waals surface area (Å²) in [6.07, 6.45) is 1.45. The molecule has 1 aromatic carbocycles. The molecule has 0 spiro atoms. The van der Waals surface area contributed by atoms with Crippen LogP contribution in [0.2, 0.25) is 0 Å². The summed E-state index contributed by atoms with van der Waals surface area (Å²) in [4.78, 5) is 4.03. The third-order valence-electron chi connectivity index (χ3n) is 2.23. The van der Waals surface area contributed by atoms with Gasteiger partial charge in [-0.2, -0.15) is 10.4 Å². The van der Waals surface area contributed by atoms with Gasteiger partial charge in [0.2, 0.25) is 0 Å². The number of nitriles is 1. The molecule has 0 unspecified atom stereocenters. The maximum absolute atomic E-state index is 13.7. The lowest BCUT2D eigenvalue weighted by molar-refractivity contribution is 0.613. The number of halogens is 1. The van der Waals surface area contributed by atoms with E-state index in [9.17, 15) is 4.39 Å². The smallest absolute Gasteiger partial charge is 0.186 e. The highest BCUT2D eigenvalue weighted by Crippen LogP contribution is 2.22. The second-order valence-corrected chi connectivity index (χ2v) is 4.29. The van der Waals surface area contributed by atoms with Crippen molar-refractivity contribution in [3.8, 4) is 6.07 Å². The van der Waals surface area contributed by atoms with Crippen LogP contribution in [0.25, 0.3) is 0 Å². The van der Waals surface area contributed by atoms with Gasteiger partial charge in [0.25, 0.3) is 0 Å². The molecule has 6 heteroatoms. The first kappa shape index (κ1) is 11.6. The molecule has 0 saturated carbocycles. The summed E-state index contributed by atoms with van der Waals surface area (Å²) in [6.45, 7) is 0. The van der Waals surface area contributed by atoms with Gasteiger partial charge in [-0.3, -0.25) is 0 Å². The molecule has 86 valence electrons. The lowest BCUT2D eigenvalue weighted by Gasteiger charge is -2.03. The summed E-state index contributed by atoms with van der Waals surface area (Å²) in [6, 6.07) is 6.63. The molecule has 0 atom stereocenters. The van der Waals surface area contributed by atoms with E-state index >= 15 is 0 Å². The second-order valence-electron chi connectivity index (χ2n) is 3.35. The Kier molecular flexibility index (Phi) is 3.40. The van der Waals surface area contributed by atoms with Crippen LogP contribution in [-0.4, -0.2) is 14.8 Å². The molecule has 0 amide bonds. The molecule has 0 radical (unpaired) electrons. The number of hydrogen-bond donors (Lipinski definition) is 0. The van der Waals surface area contributed by atoms with E-state index in [0.29, 0.717) is 16.5 Å². The van der Waals surface area contributed by atoms with Crippen molar-refractivity contribution in [2.75, 3.05) is 0 Å². The van der Waals surface area contributed by atoms with Crippen molar-refractivity contribution < 1.29 is 4.39 Å². The quantitative estimate of drug-likeness (QED) is 0.781. The Balaban J connectivity index is 2.15. The van der Waals surface area contributed by atoms with Gasteiger partial charge in [0.15, 0.2) is 5.16 Å². The fourth-order valence-corrected chi connectivity index (χ4v) is 2.20. The van der Waals surface area contributed by atoms with Gasteiger partial charge < -0.3 is 0 Å². The molecular formula is C11H9FN4S. The number of thioether (sulfide) groups is 1. The van der Waals surface area contributed by atoms with Gasteiger partial charge >= 0.3 is 0 Å². The summed E-state index contributed by atoms with van der Waals surface area (Å²) in [7, 11) is 1.78. The Bertz CT molecular complexity index is 573. The van der Waals surface area contributed by atoms with Crippen molar-refractivity contribution in [3.63, 3.8) is 0 Å². The number of benzene rings is 1. The van der Waals surface area contributed by atoms with Crippen LogP contribution in [-0.2, 0) is 12.8 Å². The number of aromatic nitrogens is 3. The number of aryl methyl sites for hydroxylation is 1. The molecule has 1 heterocycles. The van der Waals surface area contributed by atoms with Crippen molar-refractivity contribution in [1.82, 2.24) is 14.8 Å². The van der Waals surface area contributed by atoms with E-state index in [1.165, 1.54) is 24.2 Å². The number of rotatable bonds is 3. The van der Waals surface area contributed by atoms with Crippen LogP contribution in [0.1, 0.15) is 11.1 Å². The first-order valence-corrected chi connectivity index (χ1v) is 5.85. The van der Waals surface area contributed by atoms with Crippen molar-refractivity contribution >= 4 is 11.8 Å². The van der Waals surface area contributed by atoms with E-state index in [1.54, 1.807) is 23.9 Å². The average molecular weight is 248 g/mol. The molecule has 0 saturated heterocycles. The van der Waals surface area contributed by atoms with E-state index in [-0.39, 0.29) is 5.56 Å². The molecule has 2 rings (SSSR count). The topological polar surface area (TPSA) is 54.5 Å². The standard InChI is InChI=1S/C11H9FN4S/c1-16-11(14-7-15-16)17-6-9-4-2-3-8(5-13)10(9)12/h2-4,7H,6H2,1H3. The van der Waals surface area contributed by atoms with Crippen LogP contribution in [0.4, 0.5) is 4.39 Å². The summed E-state index contributed by atoms with van der Waals surface area (Å²) >= 11 is 1.38. The zero-order valence-electron chi connectivity index (χ0n) is 9.09. The van der Waals surface area contributed by atoms with Crippen molar-refractivity contribution in [2.24, 2.45) is 7.05 Å². The molecule has 17 heavy (non-hydrogen) atoms. The largest absolute Gasteiger partial charge is 0.244 e. The summed E-state index contributed by atoms with van der Waals surface area (Å²) in [5, 5.41) is 13.4. The molecule has 4 nitrogen and oxygen atoms in total. The van der Waals surface area contributed by atoms with Gasteiger partial charge in [0.1, 0.15) is 18.2 Å². The van der Waals surface area contributed by atoms with Gasteiger partial charge in [0.05, 0.1) is 5.56 Å². The highest BCUT2D eigenvalue weighted by atomic mass is 32.2. The first-order chi connectivity index (χ1) is 8.22. The Hall–Kier alpha value is -1.87. The van der Waals surface area contributed by atoms with Gasteiger partial charge in [-0.05, 0) is 11.6 Å². The monoisotopic (exact) mass is 248 g/mol. The molecule has 0 aliphatic rings. The van der Waals surface area contributed by atoms with Crippen molar-refractivity contribution in [3.05, 3.63) is 41.5 Å². The van der Waals surface area contributed by atoms with Crippen molar-refractivity contribution in [2.45, 2.75) is 10.9 Å². The minimum Gasteiger partial charge on any atom is -0.244 e. The first-order valence-electron chi connectivity index (χ1n) is 4.86. The molecule has 1 aromatic heterocycles. The number of nitrogens with zero attached hydrogens (tertiary/aromatic N) is 4. The minimum absolute atomic E-state index is 0.0704. The minimum atomic E-state index is -0.454. The predicted octanol–water partition coefficient (Wildman–Crippen LogP) is 2.12. The SMILES string of the molecule is Cn1ncnc1SCc1cccc(C#N)c1F. The summed E-state index contributed by atoms with van der Waals surface area (Å²) in [5.41, 5.74) is 0.568. The Morgan fingerprint density at radius 1 is 1.53 bits per heavy atom. The van der Waals surface area contributed by atoms with Crippen LogP contribution in [0.5, 0.6) is 0 Å². The average Bonchev–Trinajstić information content (AvgIpc) is 2.74. The molecule has 0 aliphatic heterocycles. The van der Waals surface area contributed by atoms with E-state index < -0.39 is 5.82 Å². The van der Waals surface area contributed by atoms with E-state index in [2.05, 4.69) is 10.1 Å². The Morgan fingerprint density at radius 2 is 2.35 bits per heavy atom. The van der Waals surface area contributed by atoms with E-state index in [0.717, 1.165) is 0 Å². The van der Waals surface area contributed by atoms with Gasteiger partial charge in [-0.15, -0.1) is 0 Å². The normalized spacial score (nSPS) is 10.2. The van der Waals surface area contributed by atoms with Crippen LogP contribution in [0.15, 0.2) is 29.7 Å². The summed E-state index contributed by atoms with van der Waals surface area (Å²) in [5.74, 6) is -0.0295. The molecule has 0 bridgehead atoms. The Morgan fingerprint density at radius 3 is 3.00 bits per heavy atom. The number of hydrogen-bond acceptors (Lipinski definition) is 4. The molecule has 2 aromatic rings. The maximum Gasteiger partial charge on any atom is 0.186 e. The lowest BCUT2D eigenvalue weighted by atomic mass is 10.1. The highest BCUT2D eigenvalue weighted by Gasteiger charge is 2.09.